The first kappa shape index (κ1) is 25.2. The van der Waals surface area contributed by atoms with Crippen molar-refractivity contribution in [3.63, 3.8) is 0 Å². The van der Waals surface area contributed by atoms with E-state index in [4.69, 9.17) is 19.2 Å². The number of carbonyl (C=O) groups is 1. The average molecular weight is 509 g/mol. The lowest BCUT2D eigenvalue weighted by Crippen LogP contribution is -2.40. The number of aromatic hydroxyl groups is 1. The van der Waals surface area contributed by atoms with Crippen LogP contribution >= 0.6 is 11.3 Å². The number of rotatable bonds is 8. The highest BCUT2D eigenvalue weighted by atomic mass is 32.1. The maximum atomic E-state index is 13.8. The molecule has 1 aliphatic heterocycles. The molecule has 0 fully saturated rings. The number of hydrogen-bond acceptors (Lipinski definition) is 8. The second kappa shape index (κ2) is 10.8. The number of methoxy groups -OCH3 is 2. The summed E-state index contributed by atoms with van der Waals surface area (Å²) in [5.74, 6) is 0.639. The molecule has 1 atom stereocenters. The Morgan fingerprint density at radius 3 is 2.64 bits per heavy atom. The van der Waals surface area contributed by atoms with Crippen molar-refractivity contribution < 1.29 is 24.1 Å². The van der Waals surface area contributed by atoms with Gasteiger partial charge in [0.05, 0.1) is 36.6 Å². The Kier molecular flexibility index (Phi) is 7.59. The summed E-state index contributed by atoms with van der Waals surface area (Å²) in [6.07, 6.45) is 2.99. The van der Waals surface area contributed by atoms with Gasteiger partial charge in [-0.25, -0.2) is 9.79 Å². The molecule has 4 rings (SSSR count). The lowest BCUT2D eigenvalue weighted by molar-refractivity contribution is -0.139. The van der Waals surface area contributed by atoms with Gasteiger partial charge in [-0.15, -0.1) is 0 Å². The number of esters is 1. The van der Waals surface area contributed by atoms with Gasteiger partial charge in [0.15, 0.2) is 4.80 Å². The van der Waals surface area contributed by atoms with Crippen molar-refractivity contribution in [2.24, 2.45) is 4.99 Å². The molecule has 3 aromatic rings. The van der Waals surface area contributed by atoms with E-state index in [0.717, 1.165) is 6.42 Å². The van der Waals surface area contributed by atoms with E-state index in [1.165, 1.54) is 23.0 Å². The highest BCUT2D eigenvalue weighted by molar-refractivity contribution is 7.07. The minimum absolute atomic E-state index is 0.102. The summed E-state index contributed by atoms with van der Waals surface area (Å²) in [5.41, 5.74) is 1.84. The predicted molar refractivity (Wildman–Crippen MR) is 137 cm³/mol. The second-order valence-corrected chi connectivity index (χ2v) is 9.13. The number of ether oxygens (including phenoxy) is 3. The van der Waals surface area contributed by atoms with Crippen LogP contribution in [-0.2, 0) is 9.53 Å². The van der Waals surface area contributed by atoms with Gasteiger partial charge in [0.25, 0.3) is 5.56 Å². The third kappa shape index (κ3) is 4.79. The maximum absolute atomic E-state index is 13.8. The summed E-state index contributed by atoms with van der Waals surface area (Å²) in [4.78, 5) is 32.3. The van der Waals surface area contributed by atoms with E-state index in [9.17, 15) is 14.7 Å². The van der Waals surface area contributed by atoms with E-state index in [-0.39, 0.29) is 17.9 Å². The van der Waals surface area contributed by atoms with Crippen LogP contribution in [0.5, 0.6) is 17.2 Å². The molecular weight excluding hydrogens is 480 g/mol. The molecule has 0 saturated heterocycles. The quantitative estimate of drug-likeness (QED) is 0.469. The first-order valence-corrected chi connectivity index (χ1v) is 12.5. The molecule has 8 nitrogen and oxygen atoms in total. The largest absolute Gasteiger partial charge is 0.508 e. The first-order valence-electron chi connectivity index (χ1n) is 11.6. The number of allylic oxidation sites excluding steroid dienone is 1. The van der Waals surface area contributed by atoms with E-state index >= 15 is 0 Å². The fourth-order valence-corrected chi connectivity index (χ4v) is 5.25. The number of phenolic OH excluding ortho intramolecular Hbond substituents is 1. The molecule has 2 heterocycles. The number of phenols is 1. The van der Waals surface area contributed by atoms with Crippen LogP contribution in [0, 0.1) is 0 Å². The summed E-state index contributed by atoms with van der Waals surface area (Å²) < 4.78 is 18.5. The van der Waals surface area contributed by atoms with E-state index in [2.05, 4.69) is 0 Å². The van der Waals surface area contributed by atoms with E-state index in [1.807, 2.05) is 6.92 Å². The minimum Gasteiger partial charge on any atom is -0.508 e. The van der Waals surface area contributed by atoms with Gasteiger partial charge in [-0.2, -0.15) is 0 Å². The SMILES string of the molecule is CCCC1=C(C(=O)OCC)[C@@H](c2cc(OC)ccc2OC)n2c(s/c(=C\c3cccc(O)c3)c2=O)=N1. The molecule has 0 unspecified atom stereocenters. The van der Waals surface area contributed by atoms with Crippen molar-refractivity contribution in [3.05, 3.63) is 84.5 Å². The molecule has 9 heteroatoms. The van der Waals surface area contributed by atoms with Crippen LogP contribution in [-0.4, -0.2) is 36.5 Å². The van der Waals surface area contributed by atoms with Crippen LogP contribution in [0.3, 0.4) is 0 Å². The highest BCUT2D eigenvalue weighted by Crippen LogP contribution is 2.38. The van der Waals surface area contributed by atoms with Crippen LogP contribution in [0.2, 0.25) is 0 Å². The molecule has 0 amide bonds. The molecule has 0 aliphatic carbocycles. The van der Waals surface area contributed by atoms with Crippen LogP contribution in [0.4, 0.5) is 0 Å². The van der Waals surface area contributed by atoms with Crippen LogP contribution in [0.15, 0.2) is 63.5 Å². The number of hydrogen-bond donors (Lipinski definition) is 1. The van der Waals surface area contributed by atoms with Crippen LogP contribution in [0.1, 0.15) is 43.9 Å². The number of nitrogens with zero attached hydrogens (tertiary/aromatic N) is 2. The maximum Gasteiger partial charge on any atom is 0.338 e. The molecule has 36 heavy (non-hydrogen) atoms. The molecule has 0 saturated carbocycles. The Morgan fingerprint density at radius 1 is 1.17 bits per heavy atom. The summed E-state index contributed by atoms with van der Waals surface area (Å²) in [7, 11) is 3.09. The molecule has 0 bridgehead atoms. The van der Waals surface area contributed by atoms with Gasteiger partial charge in [0.2, 0.25) is 0 Å². The lowest BCUT2D eigenvalue weighted by Gasteiger charge is -2.27. The average Bonchev–Trinajstić information content (AvgIpc) is 3.17. The number of benzene rings is 2. The third-order valence-corrected chi connectivity index (χ3v) is 6.77. The van der Waals surface area contributed by atoms with Crippen LogP contribution < -0.4 is 24.4 Å². The Hall–Kier alpha value is -3.85. The van der Waals surface area contributed by atoms with Crippen molar-refractivity contribution in [1.29, 1.82) is 0 Å². The number of fused-ring (bicyclic) bond motifs is 1. The Bertz CT molecular complexity index is 1500. The lowest BCUT2D eigenvalue weighted by atomic mass is 9.93. The molecular formula is C27H28N2O6S. The minimum atomic E-state index is -0.821. The fourth-order valence-electron chi connectivity index (χ4n) is 4.23. The standard InChI is InChI=1S/C27H28N2O6S/c1-5-8-20-23(26(32)35-6-2)24(19-15-18(33-3)11-12-21(19)34-4)29-25(31)22(36-27(29)28-20)14-16-9-7-10-17(30)13-16/h7,9-15,24,30H,5-6,8H2,1-4H3/b22-14-/t24-/m1/s1. The molecule has 1 N–H and O–H groups in total. The predicted octanol–water partition coefficient (Wildman–Crippen LogP) is 3.30. The smallest absolute Gasteiger partial charge is 0.338 e. The van der Waals surface area contributed by atoms with Crippen molar-refractivity contribution in [2.75, 3.05) is 20.8 Å². The van der Waals surface area contributed by atoms with Gasteiger partial charge >= 0.3 is 5.97 Å². The number of carbonyl (C=O) groups excluding carboxylic acids is 1. The monoisotopic (exact) mass is 508 g/mol. The Labute approximate surface area is 212 Å². The van der Waals surface area contributed by atoms with E-state index in [0.29, 0.717) is 49.7 Å². The normalized spacial score (nSPS) is 15.3. The molecule has 0 radical (unpaired) electrons. The Balaban J connectivity index is 2.06. The highest BCUT2D eigenvalue weighted by Gasteiger charge is 2.36. The summed E-state index contributed by atoms with van der Waals surface area (Å²) in [6.45, 7) is 3.93. The van der Waals surface area contributed by atoms with Crippen molar-refractivity contribution >= 4 is 23.4 Å². The molecule has 1 aliphatic rings. The van der Waals surface area contributed by atoms with Crippen LogP contribution in [0.25, 0.3) is 6.08 Å². The molecule has 188 valence electrons. The van der Waals surface area contributed by atoms with Crippen molar-refractivity contribution in [3.8, 4) is 17.2 Å². The van der Waals surface area contributed by atoms with E-state index in [1.54, 1.807) is 62.6 Å². The van der Waals surface area contributed by atoms with Gasteiger partial charge in [-0.3, -0.25) is 9.36 Å². The van der Waals surface area contributed by atoms with Gasteiger partial charge in [-0.1, -0.05) is 36.8 Å². The van der Waals surface area contributed by atoms with Crippen molar-refractivity contribution in [2.45, 2.75) is 32.7 Å². The zero-order valence-electron chi connectivity index (χ0n) is 20.6. The third-order valence-electron chi connectivity index (χ3n) is 5.79. The zero-order chi connectivity index (χ0) is 25.8. The first-order chi connectivity index (χ1) is 17.4. The topological polar surface area (TPSA) is 99.4 Å². The van der Waals surface area contributed by atoms with Gasteiger partial charge < -0.3 is 19.3 Å². The summed E-state index contributed by atoms with van der Waals surface area (Å²) >= 11 is 1.23. The molecule has 2 aromatic carbocycles. The second-order valence-electron chi connectivity index (χ2n) is 8.12. The summed E-state index contributed by atoms with van der Waals surface area (Å²) in [5, 5.41) is 9.86. The van der Waals surface area contributed by atoms with E-state index < -0.39 is 12.0 Å². The summed E-state index contributed by atoms with van der Waals surface area (Å²) in [6, 6.07) is 11.1. The van der Waals surface area contributed by atoms with Gasteiger partial charge in [0.1, 0.15) is 23.3 Å². The molecule has 1 aromatic heterocycles. The number of thiazole rings is 1. The van der Waals surface area contributed by atoms with Gasteiger partial charge in [0, 0.05) is 5.56 Å². The number of aromatic nitrogens is 1. The molecule has 0 spiro atoms. The fraction of sp³-hybridized carbons (Fsp3) is 0.296. The zero-order valence-corrected chi connectivity index (χ0v) is 21.4. The van der Waals surface area contributed by atoms with Crippen molar-refractivity contribution in [1.82, 2.24) is 4.57 Å². The van der Waals surface area contributed by atoms with Gasteiger partial charge in [-0.05, 0) is 55.3 Å². The Morgan fingerprint density at radius 2 is 1.97 bits per heavy atom.